The Morgan fingerprint density at radius 2 is 1.88 bits per heavy atom. The van der Waals surface area contributed by atoms with Gasteiger partial charge in [0, 0.05) is 35.9 Å². The Labute approximate surface area is 140 Å². The van der Waals surface area contributed by atoms with E-state index in [9.17, 15) is 5.11 Å². The van der Waals surface area contributed by atoms with E-state index in [1.54, 1.807) is 51.0 Å². The highest BCUT2D eigenvalue weighted by Crippen LogP contribution is 2.31. The molecule has 0 aliphatic heterocycles. The van der Waals surface area contributed by atoms with Crippen molar-refractivity contribution in [1.82, 2.24) is 14.5 Å². The molecule has 3 aromatic rings. The lowest BCUT2D eigenvalue weighted by atomic mass is 10.1. The van der Waals surface area contributed by atoms with Gasteiger partial charge in [-0.1, -0.05) is 0 Å². The number of hydrogen-bond donors (Lipinski definition) is 1. The third kappa shape index (κ3) is 3.23. The molecule has 0 aliphatic rings. The topological polar surface area (TPSA) is 69.4 Å². The second-order valence-electron chi connectivity index (χ2n) is 5.26. The minimum Gasteiger partial charge on any atom is -0.497 e. The summed E-state index contributed by atoms with van der Waals surface area (Å²) in [5.41, 5.74) is 1.62. The van der Waals surface area contributed by atoms with Gasteiger partial charge in [-0.05, 0) is 30.3 Å². The van der Waals surface area contributed by atoms with Gasteiger partial charge in [0.15, 0.2) is 0 Å². The molecule has 0 amide bonds. The van der Waals surface area contributed by atoms with E-state index in [1.807, 2.05) is 22.9 Å². The van der Waals surface area contributed by atoms with Crippen molar-refractivity contribution in [2.24, 2.45) is 0 Å². The first-order chi connectivity index (χ1) is 11.7. The summed E-state index contributed by atoms with van der Waals surface area (Å²) in [5, 5.41) is 10.7. The van der Waals surface area contributed by atoms with Gasteiger partial charge < -0.3 is 19.1 Å². The minimum atomic E-state index is -0.759. The third-order valence-corrected chi connectivity index (χ3v) is 3.82. The van der Waals surface area contributed by atoms with Gasteiger partial charge in [0.2, 0.25) is 0 Å². The average molecular weight is 325 g/mol. The van der Waals surface area contributed by atoms with Crippen molar-refractivity contribution in [3.05, 3.63) is 60.7 Å². The SMILES string of the molecule is COc1ccc(OC)c(C(O)Cn2ccnc2-c2ccncc2)c1. The molecule has 1 N–H and O–H groups in total. The number of aromatic nitrogens is 3. The van der Waals surface area contributed by atoms with Gasteiger partial charge in [-0.3, -0.25) is 4.98 Å². The van der Waals surface area contributed by atoms with Gasteiger partial charge in [0.25, 0.3) is 0 Å². The normalized spacial score (nSPS) is 12.0. The highest BCUT2D eigenvalue weighted by atomic mass is 16.5. The minimum absolute atomic E-state index is 0.348. The maximum absolute atomic E-state index is 10.7. The second-order valence-corrected chi connectivity index (χ2v) is 5.26. The quantitative estimate of drug-likeness (QED) is 0.754. The molecule has 3 rings (SSSR count). The summed E-state index contributed by atoms with van der Waals surface area (Å²) < 4.78 is 12.5. The van der Waals surface area contributed by atoms with Crippen LogP contribution in [0.1, 0.15) is 11.7 Å². The lowest BCUT2D eigenvalue weighted by Gasteiger charge is -2.17. The molecule has 0 saturated heterocycles. The molecule has 1 atom stereocenters. The maximum atomic E-state index is 10.7. The first-order valence-corrected chi connectivity index (χ1v) is 7.54. The van der Waals surface area contributed by atoms with Gasteiger partial charge in [-0.2, -0.15) is 0 Å². The van der Waals surface area contributed by atoms with Gasteiger partial charge in [-0.25, -0.2) is 4.98 Å². The van der Waals surface area contributed by atoms with Crippen LogP contribution >= 0.6 is 0 Å². The van der Waals surface area contributed by atoms with Crippen molar-refractivity contribution in [3.8, 4) is 22.9 Å². The lowest BCUT2D eigenvalue weighted by molar-refractivity contribution is 0.153. The molecule has 1 unspecified atom stereocenters. The summed E-state index contributed by atoms with van der Waals surface area (Å²) in [7, 11) is 3.17. The van der Waals surface area contributed by atoms with Crippen molar-refractivity contribution >= 4 is 0 Å². The monoisotopic (exact) mass is 325 g/mol. The van der Waals surface area contributed by atoms with Crippen molar-refractivity contribution < 1.29 is 14.6 Å². The van der Waals surface area contributed by atoms with Crippen LogP contribution in [0.25, 0.3) is 11.4 Å². The molecule has 0 bridgehead atoms. The van der Waals surface area contributed by atoms with Crippen LogP contribution in [0.15, 0.2) is 55.1 Å². The summed E-state index contributed by atoms with van der Waals surface area (Å²) in [5.74, 6) is 2.07. The van der Waals surface area contributed by atoms with E-state index in [0.717, 1.165) is 11.4 Å². The lowest BCUT2D eigenvalue weighted by Crippen LogP contribution is -2.10. The van der Waals surface area contributed by atoms with E-state index in [1.165, 1.54) is 0 Å². The molecule has 2 heterocycles. The van der Waals surface area contributed by atoms with E-state index in [-0.39, 0.29) is 0 Å². The van der Waals surface area contributed by atoms with Crippen molar-refractivity contribution in [2.75, 3.05) is 14.2 Å². The van der Waals surface area contributed by atoms with Crippen LogP contribution in [0.3, 0.4) is 0 Å². The van der Waals surface area contributed by atoms with Gasteiger partial charge in [-0.15, -0.1) is 0 Å². The van der Waals surface area contributed by atoms with E-state index in [4.69, 9.17) is 9.47 Å². The molecule has 0 radical (unpaired) electrons. The first kappa shape index (κ1) is 16.0. The Hall–Kier alpha value is -2.86. The second kappa shape index (κ2) is 7.14. The molecule has 0 fully saturated rings. The average Bonchev–Trinajstić information content (AvgIpc) is 3.09. The Balaban J connectivity index is 1.89. The molecule has 0 saturated carbocycles. The standard InChI is InChI=1S/C18H19N3O3/c1-23-14-3-4-17(24-2)15(11-14)16(22)12-21-10-9-20-18(21)13-5-7-19-8-6-13/h3-11,16,22H,12H2,1-2H3. The predicted octanol–water partition coefficient (Wildman–Crippen LogP) is 2.70. The number of pyridine rings is 1. The molecule has 6 heteroatoms. The van der Waals surface area contributed by atoms with E-state index in [2.05, 4.69) is 9.97 Å². The molecular formula is C18H19N3O3. The molecule has 0 spiro atoms. The Kier molecular flexibility index (Phi) is 4.77. The van der Waals surface area contributed by atoms with E-state index < -0.39 is 6.10 Å². The number of methoxy groups -OCH3 is 2. The number of benzene rings is 1. The number of ether oxygens (including phenoxy) is 2. The van der Waals surface area contributed by atoms with Gasteiger partial charge >= 0.3 is 0 Å². The zero-order valence-corrected chi connectivity index (χ0v) is 13.6. The van der Waals surface area contributed by atoms with Gasteiger partial charge in [0.05, 0.1) is 20.8 Å². The fourth-order valence-electron chi connectivity index (χ4n) is 2.60. The van der Waals surface area contributed by atoms with Crippen molar-refractivity contribution in [1.29, 1.82) is 0 Å². The number of imidazole rings is 1. The van der Waals surface area contributed by atoms with Crippen molar-refractivity contribution in [2.45, 2.75) is 12.6 Å². The van der Waals surface area contributed by atoms with Crippen LogP contribution in [0.5, 0.6) is 11.5 Å². The number of rotatable bonds is 6. The fraction of sp³-hybridized carbons (Fsp3) is 0.222. The van der Waals surface area contributed by atoms with E-state index >= 15 is 0 Å². The summed E-state index contributed by atoms with van der Waals surface area (Å²) in [6.45, 7) is 0.348. The summed E-state index contributed by atoms with van der Waals surface area (Å²) in [4.78, 5) is 8.40. The number of hydrogen-bond acceptors (Lipinski definition) is 5. The predicted molar refractivity (Wildman–Crippen MR) is 90.0 cm³/mol. The molecule has 2 aromatic heterocycles. The third-order valence-electron chi connectivity index (χ3n) is 3.82. The summed E-state index contributed by atoms with van der Waals surface area (Å²) in [6, 6.07) is 9.14. The number of nitrogens with zero attached hydrogens (tertiary/aromatic N) is 3. The Morgan fingerprint density at radius 3 is 2.58 bits per heavy atom. The molecule has 124 valence electrons. The Morgan fingerprint density at radius 1 is 1.08 bits per heavy atom. The van der Waals surface area contributed by atoms with Crippen LogP contribution < -0.4 is 9.47 Å². The summed E-state index contributed by atoms with van der Waals surface area (Å²) in [6.07, 6.45) is 6.23. The van der Waals surface area contributed by atoms with Crippen LogP contribution in [0.2, 0.25) is 0 Å². The molecule has 1 aromatic carbocycles. The maximum Gasteiger partial charge on any atom is 0.140 e. The molecule has 0 aliphatic carbocycles. The summed E-state index contributed by atoms with van der Waals surface area (Å²) >= 11 is 0. The highest BCUT2D eigenvalue weighted by Gasteiger charge is 2.17. The number of aliphatic hydroxyl groups is 1. The van der Waals surface area contributed by atoms with Gasteiger partial charge in [0.1, 0.15) is 23.4 Å². The van der Waals surface area contributed by atoms with E-state index in [0.29, 0.717) is 23.6 Å². The van der Waals surface area contributed by atoms with Crippen LogP contribution in [0.4, 0.5) is 0 Å². The largest absolute Gasteiger partial charge is 0.497 e. The van der Waals surface area contributed by atoms with Crippen LogP contribution in [0, 0.1) is 0 Å². The zero-order chi connectivity index (χ0) is 16.9. The molecule has 6 nitrogen and oxygen atoms in total. The smallest absolute Gasteiger partial charge is 0.140 e. The van der Waals surface area contributed by atoms with Crippen molar-refractivity contribution in [3.63, 3.8) is 0 Å². The number of aliphatic hydroxyl groups excluding tert-OH is 1. The molecule has 24 heavy (non-hydrogen) atoms. The highest BCUT2D eigenvalue weighted by molar-refractivity contribution is 5.54. The zero-order valence-electron chi connectivity index (χ0n) is 13.6. The van der Waals surface area contributed by atoms with Crippen LogP contribution in [-0.4, -0.2) is 33.9 Å². The fourth-order valence-corrected chi connectivity index (χ4v) is 2.60. The van der Waals surface area contributed by atoms with Crippen LogP contribution in [-0.2, 0) is 6.54 Å². The molecular weight excluding hydrogens is 306 g/mol. The first-order valence-electron chi connectivity index (χ1n) is 7.54. The Bertz CT molecular complexity index is 802.